The number of halogens is 1. The molecule has 0 aliphatic rings. The molecule has 3 nitrogen and oxygen atoms in total. The van der Waals surface area contributed by atoms with Crippen molar-refractivity contribution in [3.05, 3.63) is 35.1 Å². The first-order valence-corrected chi connectivity index (χ1v) is 6.62. The Morgan fingerprint density at radius 3 is 2.79 bits per heavy atom. The summed E-state index contributed by atoms with van der Waals surface area (Å²) >= 11 is 1.09. The van der Waals surface area contributed by atoms with Gasteiger partial charge in [-0.25, -0.2) is 9.18 Å². The lowest BCUT2D eigenvalue weighted by Gasteiger charge is -2.03. The van der Waals surface area contributed by atoms with Gasteiger partial charge in [0, 0.05) is 12.5 Å². The quantitative estimate of drug-likeness (QED) is 0.630. The van der Waals surface area contributed by atoms with Gasteiger partial charge in [0.1, 0.15) is 5.82 Å². The first-order valence-electron chi connectivity index (χ1n) is 5.63. The summed E-state index contributed by atoms with van der Waals surface area (Å²) in [6.45, 7) is 3.30. The fourth-order valence-corrected chi connectivity index (χ4v) is 1.59. The van der Waals surface area contributed by atoms with E-state index in [0.717, 1.165) is 11.8 Å². The number of carbonyl (C=O) groups excluding carboxylic acids is 2. The molecule has 0 saturated heterocycles. The van der Waals surface area contributed by atoms with Crippen molar-refractivity contribution in [2.45, 2.75) is 13.8 Å². The normalized spacial score (nSPS) is 9.42. The van der Waals surface area contributed by atoms with Crippen LogP contribution < -0.4 is 0 Å². The molecule has 0 fully saturated rings. The van der Waals surface area contributed by atoms with E-state index < -0.39 is 11.8 Å². The Morgan fingerprint density at radius 1 is 1.42 bits per heavy atom. The van der Waals surface area contributed by atoms with Crippen molar-refractivity contribution >= 4 is 22.8 Å². The number of rotatable bonds is 3. The number of hydrogen-bond donors (Lipinski definition) is 0. The van der Waals surface area contributed by atoms with Crippen LogP contribution in [0.15, 0.2) is 18.2 Å². The van der Waals surface area contributed by atoms with E-state index in [9.17, 15) is 14.0 Å². The lowest BCUT2D eigenvalue weighted by molar-refractivity contribution is -0.109. The van der Waals surface area contributed by atoms with Gasteiger partial charge in [0.25, 0.3) is 0 Å². The number of hydrogen-bond acceptors (Lipinski definition) is 4. The first kappa shape index (κ1) is 15.3. The summed E-state index contributed by atoms with van der Waals surface area (Å²) in [5, 5.41) is -0.0133. The predicted octanol–water partition coefficient (Wildman–Crippen LogP) is 2.63. The number of carbonyl (C=O) groups is 2. The lowest BCUT2D eigenvalue weighted by atomic mass is 10.1. The van der Waals surface area contributed by atoms with Crippen molar-refractivity contribution in [3.63, 3.8) is 0 Å². The smallest absolute Gasteiger partial charge is 0.341 e. The summed E-state index contributed by atoms with van der Waals surface area (Å²) in [5.74, 6) is 4.55. The molecule has 19 heavy (non-hydrogen) atoms. The van der Waals surface area contributed by atoms with Crippen molar-refractivity contribution in [2.75, 3.05) is 12.4 Å². The second kappa shape index (κ2) is 7.59. The lowest BCUT2D eigenvalue weighted by Crippen LogP contribution is -2.07. The highest BCUT2D eigenvalue weighted by Crippen LogP contribution is 2.11. The van der Waals surface area contributed by atoms with Crippen LogP contribution in [-0.4, -0.2) is 23.4 Å². The van der Waals surface area contributed by atoms with Crippen LogP contribution in [0.1, 0.15) is 29.8 Å². The van der Waals surface area contributed by atoms with Crippen molar-refractivity contribution in [3.8, 4) is 11.8 Å². The van der Waals surface area contributed by atoms with E-state index in [1.54, 1.807) is 6.92 Å². The molecular weight excluding hydrogens is 267 g/mol. The van der Waals surface area contributed by atoms with Crippen molar-refractivity contribution in [1.29, 1.82) is 0 Å². The third kappa shape index (κ3) is 5.14. The second-order valence-electron chi connectivity index (χ2n) is 3.50. The molecule has 0 heterocycles. The molecule has 0 N–H and O–H groups in total. The van der Waals surface area contributed by atoms with E-state index in [1.807, 2.05) is 0 Å². The molecule has 0 radical (unpaired) electrons. The maximum Gasteiger partial charge on any atom is 0.341 e. The highest BCUT2D eigenvalue weighted by atomic mass is 32.2. The number of ether oxygens (including phenoxy) is 1. The Morgan fingerprint density at radius 2 is 2.16 bits per heavy atom. The van der Waals surface area contributed by atoms with Crippen molar-refractivity contribution in [1.82, 2.24) is 0 Å². The van der Waals surface area contributed by atoms with E-state index in [1.165, 1.54) is 25.1 Å². The monoisotopic (exact) mass is 280 g/mol. The summed E-state index contributed by atoms with van der Waals surface area (Å²) in [5.41, 5.74) is 0.376. The molecule has 0 aliphatic heterocycles. The van der Waals surface area contributed by atoms with Crippen LogP contribution in [-0.2, 0) is 9.53 Å². The van der Waals surface area contributed by atoms with Crippen LogP contribution >= 0.6 is 11.8 Å². The Hall–Kier alpha value is -1.80. The van der Waals surface area contributed by atoms with Crippen molar-refractivity contribution in [2.24, 2.45) is 0 Å². The van der Waals surface area contributed by atoms with Crippen LogP contribution in [0, 0.1) is 17.7 Å². The topological polar surface area (TPSA) is 43.4 Å². The minimum absolute atomic E-state index is 0.0133. The van der Waals surface area contributed by atoms with E-state index >= 15 is 0 Å². The van der Waals surface area contributed by atoms with Gasteiger partial charge in [-0.2, -0.15) is 0 Å². The SMILES string of the molecule is CCOC(=O)c1cc(C#CCSC(C)=O)ccc1F. The maximum absolute atomic E-state index is 13.4. The zero-order valence-electron chi connectivity index (χ0n) is 10.7. The summed E-state index contributed by atoms with van der Waals surface area (Å²) in [6.07, 6.45) is 0. The van der Waals surface area contributed by atoms with E-state index in [-0.39, 0.29) is 17.3 Å². The molecule has 0 aromatic heterocycles. The third-order valence-electron chi connectivity index (χ3n) is 2.04. The van der Waals surface area contributed by atoms with Gasteiger partial charge in [-0.05, 0) is 25.1 Å². The predicted molar refractivity (Wildman–Crippen MR) is 72.4 cm³/mol. The van der Waals surface area contributed by atoms with Gasteiger partial charge in [0.15, 0.2) is 5.12 Å². The van der Waals surface area contributed by atoms with Crippen LogP contribution in [0.25, 0.3) is 0 Å². The van der Waals surface area contributed by atoms with Gasteiger partial charge in [-0.3, -0.25) is 4.79 Å². The Bertz CT molecular complexity index is 543. The molecule has 1 rings (SSSR count). The van der Waals surface area contributed by atoms with Crippen LogP contribution in [0.2, 0.25) is 0 Å². The first-order chi connectivity index (χ1) is 9.04. The largest absolute Gasteiger partial charge is 0.462 e. The number of esters is 1. The summed E-state index contributed by atoms with van der Waals surface area (Å²) in [7, 11) is 0. The molecular formula is C14H13FO3S. The summed E-state index contributed by atoms with van der Waals surface area (Å²) in [4.78, 5) is 22.2. The zero-order valence-corrected chi connectivity index (χ0v) is 11.5. The zero-order chi connectivity index (χ0) is 14.3. The summed E-state index contributed by atoms with van der Waals surface area (Å²) < 4.78 is 18.2. The molecule has 1 aromatic carbocycles. The van der Waals surface area contributed by atoms with Gasteiger partial charge >= 0.3 is 5.97 Å². The standard InChI is InChI=1S/C14H13FO3S/c1-3-18-14(17)12-9-11(6-7-13(12)15)5-4-8-19-10(2)16/h6-7,9H,3,8H2,1-2H3. The highest BCUT2D eigenvalue weighted by molar-refractivity contribution is 8.13. The number of benzene rings is 1. The molecule has 1 aromatic rings. The maximum atomic E-state index is 13.4. The van der Waals surface area contributed by atoms with Crippen LogP contribution in [0.4, 0.5) is 4.39 Å². The molecule has 0 saturated carbocycles. The molecule has 0 aliphatic carbocycles. The minimum atomic E-state index is -0.707. The van der Waals surface area contributed by atoms with Gasteiger partial charge in [0.05, 0.1) is 17.9 Å². The second-order valence-corrected chi connectivity index (χ2v) is 4.65. The molecule has 100 valence electrons. The molecule has 5 heteroatoms. The van der Waals surface area contributed by atoms with Crippen molar-refractivity contribution < 1.29 is 18.7 Å². The Balaban J connectivity index is 2.84. The van der Waals surface area contributed by atoms with E-state index in [2.05, 4.69) is 11.8 Å². The molecule has 0 atom stereocenters. The third-order valence-corrected chi connectivity index (χ3v) is 2.74. The van der Waals surface area contributed by atoms with Crippen LogP contribution in [0.5, 0.6) is 0 Å². The van der Waals surface area contributed by atoms with Crippen LogP contribution in [0.3, 0.4) is 0 Å². The molecule has 0 amide bonds. The fraction of sp³-hybridized carbons (Fsp3) is 0.286. The Labute approximate surface area is 115 Å². The number of thioether (sulfide) groups is 1. The molecule has 0 spiro atoms. The molecule has 0 bridgehead atoms. The van der Waals surface area contributed by atoms with E-state index in [4.69, 9.17) is 4.74 Å². The minimum Gasteiger partial charge on any atom is -0.462 e. The highest BCUT2D eigenvalue weighted by Gasteiger charge is 2.12. The van der Waals surface area contributed by atoms with Gasteiger partial charge in [0.2, 0.25) is 0 Å². The average molecular weight is 280 g/mol. The van der Waals surface area contributed by atoms with Gasteiger partial charge in [-0.1, -0.05) is 23.6 Å². The summed E-state index contributed by atoms with van der Waals surface area (Å²) in [6, 6.07) is 4.00. The Kier molecular flexibility index (Phi) is 6.10. The van der Waals surface area contributed by atoms with Gasteiger partial charge in [-0.15, -0.1) is 0 Å². The molecule has 0 unspecified atom stereocenters. The fourth-order valence-electron chi connectivity index (χ4n) is 1.24. The van der Waals surface area contributed by atoms with E-state index in [0.29, 0.717) is 11.3 Å². The van der Waals surface area contributed by atoms with Gasteiger partial charge < -0.3 is 4.74 Å². The average Bonchev–Trinajstić information content (AvgIpc) is 2.36.